The third kappa shape index (κ3) is 3.69. The van der Waals surface area contributed by atoms with Crippen molar-refractivity contribution in [2.45, 2.75) is 12.8 Å². The highest BCUT2D eigenvalue weighted by atomic mass is 16.4. The number of aliphatic carboxylic acids is 1. The van der Waals surface area contributed by atoms with Gasteiger partial charge in [-0.25, -0.2) is 0 Å². The number of aryl methyl sites for hydroxylation is 1. The molecule has 0 bridgehead atoms. The molecule has 0 radical (unpaired) electrons. The third-order valence-corrected chi connectivity index (χ3v) is 3.29. The first-order valence-corrected chi connectivity index (χ1v) is 6.72. The molecule has 0 atom stereocenters. The number of rotatable bonds is 5. The monoisotopic (exact) mass is 283 g/mol. The minimum Gasteiger partial charge on any atom is -0.481 e. The molecule has 0 saturated carbocycles. The van der Waals surface area contributed by atoms with Crippen molar-refractivity contribution >= 4 is 17.6 Å². The summed E-state index contributed by atoms with van der Waals surface area (Å²) in [5.74, 6) is -0.958. The van der Waals surface area contributed by atoms with Gasteiger partial charge in [0.05, 0.1) is 0 Å². The van der Waals surface area contributed by atoms with Gasteiger partial charge < -0.3 is 10.0 Å². The van der Waals surface area contributed by atoms with Gasteiger partial charge in [0, 0.05) is 24.7 Å². The second-order valence-electron chi connectivity index (χ2n) is 4.75. The summed E-state index contributed by atoms with van der Waals surface area (Å²) in [6.07, 6.45) is 0.447. The number of hydrogen-bond donors (Lipinski definition) is 1. The lowest BCUT2D eigenvalue weighted by Gasteiger charge is -2.20. The van der Waals surface area contributed by atoms with Gasteiger partial charge in [-0.2, -0.15) is 0 Å². The number of benzene rings is 2. The molecule has 21 heavy (non-hydrogen) atoms. The van der Waals surface area contributed by atoms with Crippen molar-refractivity contribution in [2.24, 2.45) is 0 Å². The molecule has 0 saturated heterocycles. The largest absolute Gasteiger partial charge is 0.481 e. The van der Waals surface area contributed by atoms with E-state index in [1.807, 2.05) is 42.5 Å². The first kappa shape index (κ1) is 14.8. The van der Waals surface area contributed by atoms with Crippen LogP contribution in [0.2, 0.25) is 0 Å². The molecule has 2 rings (SSSR count). The number of carbonyl (C=O) groups excluding carboxylic acids is 1. The molecule has 4 heteroatoms. The summed E-state index contributed by atoms with van der Waals surface area (Å²) in [6, 6.07) is 16.4. The number of carboxylic acid groups (broad SMARTS) is 1. The normalized spacial score (nSPS) is 10.1. The highest BCUT2D eigenvalue weighted by Gasteiger charge is 2.16. The van der Waals surface area contributed by atoms with Crippen LogP contribution in [-0.2, 0) is 11.2 Å². The van der Waals surface area contributed by atoms with Crippen LogP contribution in [0.4, 0.5) is 5.69 Å². The van der Waals surface area contributed by atoms with Crippen molar-refractivity contribution in [3.63, 3.8) is 0 Å². The molecule has 0 unspecified atom stereocenters. The van der Waals surface area contributed by atoms with E-state index in [1.165, 1.54) is 0 Å². The number of nitrogens with zero attached hydrogens (tertiary/aromatic N) is 1. The standard InChI is InChI=1S/C17H17NO3/c1-18(17(21)14-8-3-2-4-9-14)15-10-6-5-7-13(15)11-12-16(19)20/h2-10H,11-12H2,1H3,(H,19,20). The van der Waals surface area contributed by atoms with Crippen molar-refractivity contribution in [2.75, 3.05) is 11.9 Å². The highest BCUT2D eigenvalue weighted by molar-refractivity contribution is 6.06. The Balaban J connectivity index is 2.24. The smallest absolute Gasteiger partial charge is 0.303 e. The van der Waals surface area contributed by atoms with Gasteiger partial charge in [-0.05, 0) is 30.2 Å². The molecule has 2 aromatic rings. The lowest BCUT2D eigenvalue weighted by molar-refractivity contribution is -0.136. The number of para-hydroxylation sites is 1. The quantitative estimate of drug-likeness (QED) is 0.917. The zero-order valence-corrected chi connectivity index (χ0v) is 11.8. The Bertz CT molecular complexity index is 637. The van der Waals surface area contributed by atoms with Gasteiger partial charge in [0.2, 0.25) is 0 Å². The molecular weight excluding hydrogens is 266 g/mol. The zero-order chi connectivity index (χ0) is 15.2. The molecule has 0 aliphatic heterocycles. The Morgan fingerprint density at radius 2 is 1.62 bits per heavy atom. The first-order valence-electron chi connectivity index (χ1n) is 6.72. The molecule has 0 aromatic heterocycles. The highest BCUT2D eigenvalue weighted by Crippen LogP contribution is 2.22. The molecule has 108 valence electrons. The Labute approximate surface area is 123 Å². The van der Waals surface area contributed by atoms with E-state index in [2.05, 4.69) is 0 Å². The van der Waals surface area contributed by atoms with E-state index in [1.54, 1.807) is 24.1 Å². The van der Waals surface area contributed by atoms with E-state index in [4.69, 9.17) is 5.11 Å². The van der Waals surface area contributed by atoms with Crippen LogP contribution >= 0.6 is 0 Å². The van der Waals surface area contributed by atoms with Crippen LogP contribution in [0.15, 0.2) is 54.6 Å². The number of carbonyl (C=O) groups is 2. The van der Waals surface area contributed by atoms with Crippen LogP contribution in [-0.4, -0.2) is 24.0 Å². The maximum absolute atomic E-state index is 12.4. The summed E-state index contributed by atoms with van der Waals surface area (Å²) in [5, 5.41) is 8.81. The minimum atomic E-state index is -0.846. The topological polar surface area (TPSA) is 57.6 Å². The Hall–Kier alpha value is -2.62. The summed E-state index contributed by atoms with van der Waals surface area (Å²) in [6.45, 7) is 0. The summed E-state index contributed by atoms with van der Waals surface area (Å²) >= 11 is 0. The molecule has 1 amide bonds. The van der Waals surface area contributed by atoms with Gasteiger partial charge in [0.25, 0.3) is 5.91 Å². The molecular formula is C17H17NO3. The van der Waals surface area contributed by atoms with Crippen LogP contribution in [0.5, 0.6) is 0 Å². The van der Waals surface area contributed by atoms with Crippen LogP contribution < -0.4 is 4.90 Å². The molecule has 0 aliphatic rings. The average molecular weight is 283 g/mol. The van der Waals surface area contributed by atoms with Crippen molar-refractivity contribution < 1.29 is 14.7 Å². The van der Waals surface area contributed by atoms with Crippen molar-refractivity contribution in [1.82, 2.24) is 0 Å². The Kier molecular flexibility index (Phi) is 4.72. The van der Waals surface area contributed by atoms with E-state index in [9.17, 15) is 9.59 Å². The lowest BCUT2D eigenvalue weighted by Crippen LogP contribution is -2.27. The number of anilines is 1. The molecule has 0 fully saturated rings. The van der Waals surface area contributed by atoms with Crippen molar-refractivity contribution in [3.05, 3.63) is 65.7 Å². The van der Waals surface area contributed by atoms with E-state index >= 15 is 0 Å². The fourth-order valence-corrected chi connectivity index (χ4v) is 2.17. The van der Waals surface area contributed by atoms with Crippen LogP contribution in [0, 0.1) is 0 Å². The zero-order valence-electron chi connectivity index (χ0n) is 11.8. The van der Waals surface area contributed by atoms with E-state index in [0.29, 0.717) is 12.0 Å². The fraction of sp³-hybridized carbons (Fsp3) is 0.176. The predicted molar refractivity (Wildman–Crippen MR) is 81.6 cm³/mol. The third-order valence-electron chi connectivity index (χ3n) is 3.29. The summed E-state index contributed by atoms with van der Waals surface area (Å²) < 4.78 is 0. The molecule has 0 heterocycles. The SMILES string of the molecule is CN(C(=O)c1ccccc1)c1ccccc1CCC(=O)O. The maximum atomic E-state index is 12.4. The molecule has 0 spiro atoms. The second-order valence-corrected chi connectivity index (χ2v) is 4.75. The van der Waals surface area contributed by atoms with Gasteiger partial charge in [0.1, 0.15) is 0 Å². The molecule has 1 N–H and O–H groups in total. The average Bonchev–Trinajstić information content (AvgIpc) is 2.52. The van der Waals surface area contributed by atoms with Crippen molar-refractivity contribution in [1.29, 1.82) is 0 Å². The van der Waals surface area contributed by atoms with Crippen LogP contribution in [0.25, 0.3) is 0 Å². The van der Waals surface area contributed by atoms with Crippen LogP contribution in [0.3, 0.4) is 0 Å². The first-order chi connectivity index (χ1) is 10.1. The summed E-state index contributed by atoms with van der Waals surface area (Å²) in [5.41, 5.74) is 2.20. The summed E-state index contributed by atoms with van der Waals surface area (Å²) in [4.78, 5) is 24.7. The van der Waals surface area contributed by atoms with Gasteiger partial charge in [0.15, 0.2) is 0 Å². The molecule has 4 nitrogen and oxygen atoms in total. The Morgan fingerprint density at radius 1 is 1.00 bits per heavy atom. The summed E-state index contributed by atoms with van der Waals surface area (Å²) in [7, 11) is 1.70. The van der Waals surface area contributed by atoms with Crippen molar-refractivity contribution in [3.8, 4) is 0 Å². The molecule has 0 aliphatic carbocycles. The Morgan fingerprint density at radius 3 is 2.29 bits per heavy atom. The van der Waals surface area contributed by atoms with Crippen LogP contribution in [0.1, 0.15) is 22.3 Å². The molecule has 2 aromatic carbocycles. The predicted octanol–water partition coefficient (Wildman–Crippen LogP) is 2.98. The maximum Gasteiger partial charge on any atom is 0.303 e. The second kappa shape index (κ2) is 6.70. The number of amides is 1. The van der Waals surface area contributed by atoms with Gasteiger partial charge in [-0.15, -0.1) is 0 Å². The van der Waals surface area contributed by atoms with Gasteiger partial charge in [-0.1, -0.05) is 36.4 Å². The van der Waals surface area contributed by atoms with E-state index in [0.717, 1.165) is 11.3 Å². The van der Waals surface area contributed by atoms with Gasteiger partial charge in [-0.3, -0.25) is 9.59 Å². The number of carboxylic acids is 1. The minimum absolute atomic E-state index is 0.0460. The van der Waals surface area contributed by atoms with E-state index < -0.39 is 5.97 Å². The van der Waals surface area contributed by atoms with E-state index in [-0.39, 0.29) is 12.3 Å². The lowest BCUT2D eigenvalue weighted by atomic mass is 10.1. The number of hydrogen-bond acceptors (Lipinski definition) is 2. The van der Waals surface area contributed by atoms with Gasteiger partial charge >= 0.3 is 5.97 Å². The fourth-order valence-electron chi connectivity index (χ4n) is 2.17.